The van der Waals surface area contributed by atoms with Gasteiger partial charge in [-0.3, -0.25) is 4.79 Å². The van der Waals surface area contributed by atoms with Crippen molar-refractivity contribution in [2.24, 2.45) is 23.7 Å². The summed E-state index contributed by atoms with van der Waals surface area (Å²) in [4.78, 5) is 12.1. The quantitative estimate of drug-likeness (QED) is 0.0407. The van der Waals surface area contributed by atoms with Gasteiger partial charge in [0.1, 0.15) is 0 Å². The van der Waals surface area contributed by atoms with Crippen molar-refractivity contribution < 1.29 is 9.53 Å². The van der Waals surface area contributed by atoms with Crippen molar-refractivity contribution >= 4 is 5.97 Å². The number of ether oxygens (including phenoxy) is 1. The molecule has 0 aromatic carbocycles. The molecule has 44 heavy (non-hydrogen) atoms. The lowest BCUT2D eigenvalue weighted by molar-refractivity contribution is -0.144. The fourth-order valence-electron chi connectivity index (χ4n) is 6.43. The molecule has 0 bridgehead atoms. The molecule has 0 heterocycles. The minimum Gasteiger partial charge on any atom is -0.466 e. The molecule has 0 aromatic heterocycles. The molecule has 0 aliphatic rings. The zero-order valence-corrected chi connectivity index (χ0v) is 31.3. The van der Waals surface area contributed by atoms with Crippen LogP contribution in [-0.2, 0) is 9.53 Å². The Balaban J connectivity index is 3.43. The third kappa shape index (κ3) is 34.1. The van der Waals surface area contributed by atoms with Crippen molar-refractivity contribution in [1.29, 1.82) is 0 Å². The van der Waals surface area contributed by atoms with Gasteiger partial charge in [0.05, 0.1) is 6.61 Å². The molecule has 2 nitrogen and oxygen atoms in total. The molecule has 0 saturated carbocycles. The average molecular weight is 619 g/mol. The van der Waals surface area contributed by atoms with Gasteiger partial charge in [0.2, 0.25) is 0 Å². The first kappa shape index (κ1) is 43.2. The van der Waals surface area contributed by atoms with Crippen molar-refractivity contribution in [2.45, 2.75) is 221 Å². The number of hydrogen-bond donors (Lipinski definition) is 0. The van der Waals surface area contributed by atoms with Crippen LogP contribution >= 0.6 is 0 Å². The molecule has 0 N–H and O–H groups in total. The Morgan fingerprint density at radius 1 is 0.477 bits per heavy atom. The van der Waals surface area contributed by atoms with Gasteiger partial charge in [-0.15, -0.1) is 0 Å². The average Bonchev–Trinajstić information content (AvgIpc) is 2.98. The molecular formula is C42H82O2. The predicted octanol–water partition coefficient (Wildman–Crippen LogP) is 14.6. The second kappa shape index (κ2) is 33.6. The first-order chi connectivity index (χ1) is 21.3. The molecule has 0 aromatic rings. The molecule has 0 rings (SSSR count). The lowest BCUT2D eigenvalue weighted by Crippen LogP contribution is -2.09. The van der Waals surface area contributed by atoms with Gasteiger partial charge in [0, 0.05) is 6.42 Å². The summed E-state index contributed by atoms with van der Waals surface area (Å²) in [6.07, 6.45) is 41.3. The third-order valence-electron chi connectivity index (χ3n) is 9.78. The van der Waals surface area contributed by atoms with Crippen LogP contribution in [0.2, 0.25) is 0 Å². The van der Waals surface area contributed by atoms with Crippen molar-refractivity contribution in [1.82, 2.24) is 0 Å². The van der Waals surface area contributed by atoms with Gasteiger partial charge >= 0.3 is 5.97 Å². The Morgan fingerprint density at radius 2 is 0.864 bits per heavy atom. The maximum atomic E-state index is 12.1. The summed E-state index contributed by atoms with van der Waals surface area (Å²) in [6, 6.07) is 0. The Kier molecular flexibility index (Phi) is 33.0. The maximum Gasteiger partial charge on any atom is 0.305 e. The molecular weight excluding hydrogens is 536 g/mol. The van der Waals surface area contributed by atoms with Gasteiger partial charge in [-0.25, -0.2) is 0 Å². The summed E-state index contributed by atoms with van der Waals surface area (Å²) >= 11 is 0. The fourth-order valence-corrected chi connectivity index (χ4v) is 6.43. The van der Waals surface area contributed by atoms with E-state index < -0.39 is 0 Å². The van der Waals surface area contributed by atoms with E-state index in [4.69, 9.17) is 4.74 Å². The zero-order valence-electron chi connectivity index (χ0n) is 31.3. The lowest BCUT2D eigenvalue weighted by Gasteiger charge is -2.16. The van der Waals surface area contributed by atoms with Crippen LogP contribution in [0, 0.1) is 23.7 Å². The van der Waals surface area contributed by atoms with Crippen LogP contribution in [0.4, 0.5) is 0 Å². The third-order valence-corrected chi connectivity index (χ3v) is 9.78. The van der Waals surface area contributed by atoms with Crippen LogP contribution in [0.1, 0.15) is 221 Å². The first-order valence-electron chi connectivity index (χ1n) is 20.2. The van der Waals surface area contributed by atoms with E-state index in [1.165, 1.54) is 161 Å². The van der Waals surface area contributed by atoms with E-state index in [1.54, 1.807) is 0 Å². The van der Waals surface area contributed by atoms with Crippen LogP contribution in [-0.4, -0.2) is 12.6 Å². The molecule has 0 fully saturated rings. The number of carbonyl (C=O) groups is 1. The molecule has 0 aliphatic carbocycles. The van der Waals surface area contributed by atoms with Crippen LogP contribution in [0.5, 0.6) is 0 Å². The molecule has 2 heteroatoms. The molecule has 262 valence electrons. The van der Waals surface area contributed by atoms with Crippen molar-refractivity contribution in [3.8, 4) is 0 Å². The van der Waals surface area contributed by atoms with Crippen LogP contribution in [0.15, 0.2) is 12.2 Å². The van der Waals surface area contributed by atoms with Crippen molar-refractivity contribution in [2.75, 3.05) is 6.61 Å². The molecule has 0 radical (unpaired) electrons. The van der Waals surface area contributed by atoms with E-state index in [0.29, 0.717) is 18.9 Å². The van der Waals surface area contributed by atoms with Gasteiger partial charge < -0.3 is 4.74 Å². The largest absolute Gasteiger partial charge is 0.466 e. The second-order valence-electron chi connectivity index (χ2n) is 15.3. The van der Waals surface area contributed by atoms with Gasteiger partial charge in [-0.1, -0.05) is 189 Å². The first-order valence-corrected chi connectivity index (χ1v) is 20.2. The number of rotatable bonds is 34. The smallest absolute Gasteiger partial charge is 0.305 e. The molecule has 0 saturated heterocycles. The normalized spacial score (nSPS) is 14.0. The van der Waals surface area contributed by atoms with E-state index in [-0.39, 0.29) is 5.97 Å². The van der Waals surface area contributed by atoms with Gasteiger partial charge in [0.25, 0.3) is 0 Å². The summed E-state index contributed by atoms with van der Waals surface area (Å²) in [5.74, 6) is 3.27. The van der Waals surface area contributed by atoms with Crippen molar-refractivity contribution in [3.05, 3.63) is 12.2 Å². The fraction of sp³-hybridized carbons (Fsp3) is 0.929. The summed E-state index contributed by atoms with van der Waals surface area (Å²) in [6.45, 7) is 14.8. The Hall–Kier alpha value is -0.790. The summed E-state index contributed by atoms with van der Waals surface area (Å²) in [5.41, 5.74) is 0. The van der Waals surface area contributed by atoms with Gasteiger partial charge in [-0.2, -0.15) is 0 Å². The monoisotopic (exact) mass is 619 g/mol. The van der Waals surface area contributed by atoms with E-state index in [0.717, 1.165) is 30.6 Å². The number of allylic oxidation sites excluding steroid dienone is 2. The van der Waals surface area contributed by atoms with Gasteiger partial charge in [-0.05, 0) is 62.2 Å². The number of hydrogen-bond acceptors (Lipinski definition) is 2. The highest BCUT2D eigenvalue weighted by molar-refractivity contribution is 5.69. The highest BCUT2D eigenvalue weighted by Crippen LogP contribution is 2.23. The Morgan fingerprint density at radius 3 is 1.32 bits per heavy atom. The van der Waals surface area contributed by atoms with E-state index in [9.17, 15) is 4.79 Å². The maximum absolute atomic E-state index is 12.1. The summed E-state index contributed by atoms with van der Waals surface area (Å²) in [7, 11) is 0. The standard InChI is InChI=1S/C42H82O2/c1-7-8-9-10-11-12-13-14-15-16-17-18-19-20-21-22-23-24-25-35-42(43)44-37-36-41(6)34-28-33-40(5)32-27-31-39(4)30-26-29-38(2)3/h14-15,38-41H,7-13,16-37H2,1-6H3/b15-14-. The van der Waals surface area contributed by atoms with Gasteiger partial charge in [0.15, 0.2) is 0 Å². The number of carbonyl (C=O) groups excluding carboxylic acids is 1. The van der Waals surface area contributed by atoms with Crippen LogP contribution in [0.25, 0.3) is 0 Å². The van der Waals surface area contributed by atoms with E-state index in [2.05, 4.69) is 53.7 Å². The molecule has 3 atom stereocenters. The number of esters is 1. The SMILES string of the molecule is CCCCCCCC/C=C\CCCCCCCCCCCC(=O)OCCC(C)CCCC(C)CCCC(C)CCCC(C)C. The molecule has 0 aliphatic heterocycles. The Labute approximate surface area is 278 Å². The molecule has 3 unspecified atom stereocenters. The van der Waals surface area contributed by atoms with E-state index in [1.807, 2.05) is 0 Å². The minimum absolute atomic E-state index is 0.0188. The van der Waals surface area contributed by atoms with Crippen molar-refractivity contribution in [3.63, 3.8) is 0 Å². The molecule has 0 amide bonds. The lowest BCUT2D eigenvalue weighted by atomic mass is 9.91. The Bertz CT molecular complexity index is 609. The summed E-state index contributed by atoms with van der Waals surface area (Å²) in [5, 5.41) is 0. The molecule has 0 spiro atoms. The van der Waals surface area contributed by atoms with E-state index >= 15 is 0 Å². The zero-order chi connectivity index (χ0) is 32.5. The predicted molar refractivity (Wildman–Crippen MR) is 197 cm³/mol. The highest BCUT2D eigenvalue weighted by Gasteiger charge is 2.09. The number of unbranched alkanes of at least 4 members (excludes halogenated alkanes) is 15. The second-order valence-corrected chi connectivity index (χ2v) is 15.3. The minimum atomic E-state index is 0.0188. The topological polar surface area (TPSA) is 26.3 Å². The summed E-state index contributed by atoms with van der Waals surface area (Å²) < 4.78 is 5.55. The van der Waals surface area contributed by atoms with Crippen LogP contribution < -0.4 is 0 Å². The highest BCUT2D eigenvalue weighted by atomic mass is 16.5. The van der Waals surface area contributed by atoms with Crippen LogP contribution in [0.3, 0.4) is 0 Å².